The fourth-order valence-electron chi connectivity index (χ4n) is 4.90. The molecule has 0 bridgehead atoms. The molecule has 7 nitrogen and oxygen atoms in total. The topological polar surface area (TPSA) is 83.4 Å². The second-order valence-corrected chi connectivity index (χ2v) is 8.58. The van der Waals surface area contributed by atoms with Crippen LogP contribution in [0, 0.1) is 0 Å². The summed E-state index contributed by atoms with van der Waals surface area (Å²) >= 11 is 0. The third-order valence-corrected chi connectivity index (χ3v) is 6.67. The molecule has 3 heterocycles. The number of carbonyl (C=O) groups excluding carboxylic acids is 1. The first-order chi connectivity index (χ1) is 16.4. The Bertz CT molecular complexity index is 1740. The van der Waals surface area contributed by atoms with Crippen LogP contribution in [0.5, 0.6) is 5.75 Å². The smallest absolute Gasteiger partial charge is 0.328 e. The van der Waals surface area contributed by atoms with E-state index < -0.39 is 0 Å². The molecular formula is C27H20N2O5. The number of benzene rings is 3. The van der Waals surface area contributed by atoms with Gasteiger partial charge in [0.1, 0.15) is 17.6 Å². The maximum absolute atomic E-state index is 13.4. The lowest BCUT2D eigenvalue weighted by Gasteiger charge is -2.25. The van der Waals surface area contributed by atoms with Gasteiger partial charge in [0.25, 0.3) is 0 Å². The number of hydrogen-bond acceptors (Lipinski definition) is 5. The molecule has 6 rings (SSSR count). The number of esters is 1. The molecule has 2 aromatic heterocycles. The van der Waals surface area contributed by atoms with Crippen LogP contribution >= 0.6 is 0 Å². The predicted octanol–water partition coefficient (Wildman–Crippen LogP) is 4.09. The molecule has 1 atom stereocenters. The molecule has 34 heavy (non-hydrogen) atoms. The fourth-order valence-corrected chi connectivity index (χ4v) is 4.90. The SMILES string of the molecule is Cn1c(=O)n(C)c2cc([C@@H]3CC(=O)Oc4ccc5c(=O)c(-c6ccccc6)coc5c43)ccc21. The van der Waals surface area contributed by atoms with Crippen molar-refractivity contribution >= 4 is 28.0 Å². The fraction of sp³-hybridized carbons (Fsp3) is 0.148. The third-order valence-electron chi connectivity index (χ3n) is 6.67. The summed E-state index contributed by atoms with van der Waals surface area (Å²) in [4.78, 5) is 38.2. The lowest BCUT2D eigenvalue weighted by molar-refractivity contribution is -0.135. The molecule has 0 saturated carbocycles. The maximum atomic E-state index is 13.4. The van der Waals surface area contributed by atoms with E-state index in [4.69, 9.17) is 9.15 Å². The zero-order chi connectivity index (χ0) is 23.6. The Morgan fingerprint density at radius 3 is 2.44 bits per heavy atom. The summed E-state index contributed by atoms with van der Waals surface area (Å²) in [5.41, 5.74) is 4.44. The number of aryl methyl sites for hydroxylation is 2. The molecule has 7 heteroatoms. The quantitative estimate of drug-likeness (QED) is 0.298. The molecule has 1 aliphatic rings. The highest BCUT2D eigenvalue weighted by Gasteiger charge is 2.32. The van der Waals surface area contributed by atoms with Gasteiger partial charge < -0.3 is 9.15 Å². The Hall–Kier alpha value is -4.39. The molecule has 0 amide bonds. The highest BCUT2D eigenvalue weighted by Crippen LogP contribution is 2.43. The number of aromatic nitrogens is 2. The monoisotopic (exact) mass is 452 g/mol. The second-order valence-electron chi connectivity index (χ2n) is 8.58. The van der Waals surface area contributed by atoms with Gasteiger partial charge in [-0.3, -0.25) is 18.7 Å². The molecule has 5 aromatic rings. The lowest BCUT2D eigenvalue weighted by atomic mass is 9.85. The van der Waals surface area contributed by atoms with Crippen LogP contribution in [0.4, 0.5) is 0 Å². The minimum Gasteiger partial charge on any atom is -0.463 e. The standard InChI is InChI=1S/C27H20N2O5/c1-28-20-10-8-16(12-21(20)29(2)27(28)32)18-13-23(30)34-22-11-9-17-25(31)19(14-33-26(17)24(18)22)15-6-4-3-5-7-15/h3-12,14,18H,13H2,1-2H3/t18-/m0/s1. The summed E-state index contributed by atoms with van der Waals surface area (Å²) in [5, 5.41) is 0.427. The molecule has 3 aromatic carbocycles. The van der Waals surface area contributed by atoms with E-state index in [1.807, 2.05) is 48.5 Å². The van der Waals surface area contributed by atoms with E-state index >= 15 is 0 Å². The van der Waals surface area contributed by atoms with Crippen molar-refractivity contribution in [3.05, 3.63) is 98.8 Å². The first kappa shape index (κ1) is 20.2. The van der Waals surface area contributed by atoms with E-state index in [0.29, 0.717) is 27.8 Å². The van der Waals surface area contributed by atoms with Crippen molar-refractivity contribution in [3.63, 3.8) is 0 Å². The molecule has 0 N–H and O–H groups in total. The van der Waals surface area contributed by atoms with Gasteiger partial charge in [0.15, 0.2) is 0 Å². The largest absolute Gasteiger partial charge is 0.463 e. The molecular weight excluding hydrogens is 432 g/mol. The number of nitrogens with zero attached hydrogens (tertiary/aromatic N) is 2. The summed E-state index contributed by atoms with van der Waals surface area (Å²) < 4.78 is 14.7. The van der Waals surface area contributed by atoms with Crippen LogP contribution in [-0.4, -0.2) is 15.1 Å². The van der Waals surface area contributed by atoms with Crippen LogP contribution in [-0.2, 0) is 18.9 Å². The van der Waals surface area contributed by atoms with E-state index in [9.17, 15) is 14.4 Å². The zero-order valence-corrected chi connectivity index (χ0v) is 18.6. The number of rotatable bonds is 2. The zero-order valence-electron chi connectivity index (χ0n) is 18.6. The Morgan fingerprint density at radius 1 is 0.882 bits per heavy atom. The van der Waals surface area contributed by atoms with E-state index in [2.05, 4.69) is 0 Å². The van der Waals surface area contributed by atoms with Crippen LogP contribution in [0.3, 0.4) is 0 Å². The van der Waals surface area contributed by atoms with Crippen molar-refractivity contribution in [1.29, 1.82) is 0 Å². The first-order valence-corrected chi connectivity index (χ1v) is 10.9. The maximum Gasteiger partial charge on any atom is 0.328 e. The van der Waals surface area contributed by atoms with Crippen LogP contribution in [0.15, 0.2) is 80.9 Å². The Morgan fingerprint density at radius 2 is 1.65 bits per heavy atom. The number of fused-ring (bicyclic) bond motifs is 4. The van der Waals surface area contributed by atoms with Gasteiger partial charge >= 0.3 is 11.7 Å². The van der Waals surface area contributed by atoms with E-state index in [1.165, 1.54) is 6.26 Å². The second kappa shape index (κ2) is 7.31. The van der Waals surface area contributed by atoms with Gasteiger partial charge in [0, 0.05) is 25.6 Å². The highest BCUT2D eigenvalue weighted by atomic mass is 16.5. The molecule has 0 spiro atoms. The molecule has 168 valence electrons. The Labute approximate surface area is 193 Å². The molecule has 0 saturated heterocycles. The van der Waals surface area contributed by atoms with Gasteiger partial charge in [0.05, 0.1) is 28.4 Å². The summed E-state index contributed by atoms with van der Waals surface area (Å²) in [5.74, 6) is -0.362. The van der Waals surface area contributed by atoms with Gasteiger partial charge in [-0.1, -0.05) is 36.4 Å². The minimum atomic E-state index is -0.384. The van der Waals surface area contributed by atoms with Crippen LogP contribution in [0.25, 0.3) is 33.1 Å². The molecule has 0 unspecified atom stereocenters. The molecule has 0 aliphatic carbocycles. The van der Waals surface area contributed by atoms with Crippen molar-refractivity contribution in [1.82, 2.24) is 9.13 Å². The first-order valence-electron chi connectivity index (χ1n) is 10.9. The average molecular weight is 452 g/mol. The third kappa shape index (κ3) is 2.86. The van der Waals surface area contributed by atoms with Crippen LogP contribution in [0.1, 0.15) is 23.5 Å². The van der Waals surface area contributed by atoms with Crippen LogP contribution in [0.2, 0.25) is 0 Å². The molecule has 0 fully saturated rings. The van der Waals surface area contributed by atoms with Gasteiger partial charge in [-0.25, -0.2) is 4.79 Å². The highest BCUT2D eigenvalue weighted by molar-refractivity contribution is 5.90. The number of carbonyl (C=O) groups is 1. The van der Waals surface area contributed by atoms with E-state index in [0.717, 1.165) is 22.2 Å². The van der Waals surface area contributed by atoms with Gasteiger partial charge in [-0.2, -0.15) is 0 Å². The van der Waals surface area contributed by atoms with Crippen molar-refractivity contribution in [2.45, 2.75) is 12.3 Å². The Kier molecular flexibility index (Phi) is 4.35. The van der Waals surface area contributed by atoms with E-state index in [-0.39, 0.29) is 29.4 Å². The van der Waals surface area contributed by atoms with Gasteiger partial charge in [-0.15, -0.1) is 0 Å². The number of imidazole rings is 1. The molecule has 0 radical (unpaired) electrons. The average Bonchev–Trinajstić information content (AvgIpc) is 3.07. The van der Waals surface area contributed by atoms with Gasteiger partial charge in [-0.05, 0) is 35.4 Å². The minimum absolute atomic E-state index is 0.0997. The molecule has 1 aliphatic heterocycles. The summed E-state index contributed by atoms with van der Waals surface area (Å²) in [6.07, 6.45) is 1.57. The van der Waals surface area contributed by atoms with Gasteiger partial charge in [0.2, 0.25) is 5.43 Å². The lowest BCUT2D eigenvalue weighted by Crippen LogP contribution is -2.22. The van der Waals surface area contributed by atoms with Crippen molar-refractivity contribution in [3.8, 4) is 16.9 Å². The van der Waals surface area contributed by atoms with Crippen LogP contribution < -0.4 is 15.9 Å². The predicted molar refractivity (Wildman–Crippen MR) is 128 cm³/mol. The summed E-state index contributed by atoms with van der Waals surface area (Å²) in [6, 6.07) is 18.4. The summed E-state index contributed by atoms with van der Waals surface area (Å²) in [6.45, 7) is 0. The number of hydrogen-bond donors (Lipinski definition) is 0. The Balaban J connectivity index is 1.59. The number of ether oxygens (including phenoxy) is 1. The van der Waals surface area contributed by atoms with Crippen molar-refractivity contribution < 1.29 is 13.9 Å². The van der Waals surface area contributed by atoms with E-state index in [1.54, 1.807) is 35.4 Å². The summed E-state index contributed by atoms with van der Waals surface area (Å²) in [7, 11) is 3.45. The van der Waals surface area contributed by atoms with Crippen molar-refractivity contribution in [2.24, 2.45) is 14.1 Å². The van der Waals surface area contributed by atoms with Crippen molar-refractivity contribution in [2.75, 3.05) is 0 Å². The normalized spacial score (nSPS) is 15.5.